The zero-order chi connectivity index (χ0) is 23.5. The molecule has 6 nitrogen and oxygen atoms in total. The Bertz CT molecular complexity index is 1160. The summed E-state index contributed by atoms with van der Waals surface area (Å²) in [5, 5.41) is 3.70. The van der Waals surface area contributed by atoms with Crippen LogP contribution in [-0.2, 0) is 16.1 Å². The summed E-state index contributed by atoms with van der Waals surface area (Å²) in [5.74, 6) is 0.248. The normalized spacial score (nSPS) is 18.5. The van der Waals surface area contributed by atoms with Crippen molar-refractivity contribution in [3.8, 4) is 0 Å². The number of aryl methyl sites for hydroxylation is 1. The number of hydrogen-bond donors (Lipinski definition) is 1. The number of nitrogens with one attached hydrogen (secondary N) is 1. The Morgan fingerprint density at radius 3 is 2.55 bits per heavy atom. The Balaban J connectivity index is 1.52. The van der Waals surface area contributed by atoms with Crippen molar-refractivity contribution in [2.75, 3.05) is 11.1 Å². The summed E-state index contributed by atoms with van der Waals surface area (Å²) in [6.45, 7) is 8.53. The molecule has 1 saturated heterocycles. The second-order valence-corrected chi connectivity index (χ2v) is 9.93. The molecule has 4 rings (SSSR count). The largest absolute Gasteiger partial charge is 0.336 e. The number of anilines is 1. The molecule has 0 spiro atoms. The lowest BCUT2D eigenvalue weighted by atomic mass is 9.97. The first-order valence-electron chi connectivity index (χ1n) is 11.6. The standard InChI is InChI=1S/C26H32N4O2S/c1-17-9-7-13-21(20(17)4)27-24(31)16-33-26-28-22-12-5-6-14-23(22)29(26)15-25(32)30-18(2)10-8-11-19(30)3/h5-7,9,12-14,18-19H,8,10-11,15-16H2,1-4H3,(H,27,31)/t18-,19+. The molecule has 0 radical (unpaired) electrons. The van der Waals surface area contributed by atoms with Crippen LogP contribution in [-0.4, -0.2) is 44.1 Å². The van der Waals surface area contributed by atoms with Crippen molar-refractivity contribution < 1.29 is 9.59 Å². The van der Waals surface area contributed by atoms with Crippen molar-refractivity contribution in [1.82, 2.24) is 14.5 Å². The molecular formula is C26H32N4O2S. The van der Waals surface area contributed by atoms with Crippen LogP contribution in [0.15, 0.2) is 47.6 Å². The number of nitrogens with zero attached hydrogens (tertiary/aromatic N) is 3. The number of likely N-dealkylation sites (tertiary alicyclic amines) is 1. The zero-order valence-electron chi connectivity index (χ0n) is 19.8. The lowest BCUT2D eigenvalue weighted by Crippen LogP contribution is -2.48. The number of hydrogen-bond acceptors (Lipinski definition) is 4. The van der Waals surface area contributed by atoms with Crippen LogP contribution in [0.2, 0.25) is 0 Å². The third kappa shape index (κ3) is 5.08. The van der Waals surface area contributed by atoms with Gasteiger partial charge in [-0.05, 0) is 76.3 Å². The molecule has 7 heteroatoms. The number of carbonyl (C=O) groups excluding carboxylic acids is 2. The number of amides is 2. The van der Waals surface area contributed by atoms with Crippen molar-refractivity contribution in [2.45, 2.75) is 70.7 Å². The number of carbonyl (C=O) groups is 2. The van der Waals surface area contributed by atoms with Gasteiger partial charge in [-0.2, -0.15) is 0 Å². The second kappa shape index (κ2) is 10.00. The lowest BCUT2D eigenvalue weighted by Gasteiger charge is -2.39. The summed E-state index contributed by atoms with van der Waals surface area (Å²) in [4.78, 5) is 32.8. The Hall–Kier alpha value is -2.80. The van der Waals surface area contributed by atoms with Crippen molar-refractivity contribution in [3.05, 3.63) is 53.6 Å². The van der Waals surface area contributed by atoms with Crippen LogP contribution in [0.3, 0.4) is 0 Å². The van der Waals surface area contributed by atoms with Crippen LogP contribution in [0.4, 0.5) is 5.69 Å². The fourth-order valence-corrected chi connectivity index (χ4v) is 5.46. The smallest absolute Gasteiger partial charge is 0.243 e. The van der Waals surface area contributed by atoms with Gasteiger partial charge in [0.1, 0.15) is 6.54 Å². The summed E-state index contributed by atoms with van der Waals surface area (Å²) in [6, 6.07) is 14.2. The van der Waals surface area contributed by atoms with Gasteiger partial charge in [-0.1, -0.05) is 36.0 Å². The van der Waals surface area contributed by atoms with E-state index in [9.17, 15) is 9.59 Å². The highest BCUT2D eigenvalue weighted by Gasteiger charge is 2.29. The summed E-state index contributed by atoms with van der Waals surface area (Å²) in [6.07, 6.45) is 3.25. The molecule has 174 valence electrons. The average Bonchev–Trinajstić information content (AvgIpc) is 3.13. The average molecular weight is 465 g/mol. The Kier molecular flexibility index (Phi) is 7.08. The van der Waals surface area contributed by atoms with E-state index >= 15 is 0 Å². The van der Waals surface area contributed by atoms with Gasteiger partial charge >= 0.3 is 0 Å². The molecule has 0 aliphatic carbocycles. The fourth-order valence-electron chi connectivity index (χ4n) is 4.65. The molecule has 2 atom stereocenters. The van der Waals surface area contributed by atoms with Gasteiger partial charge in [0.05, 0.1) is 16.8 Å². The molecule has 1 aliphatic heterocycles. The topological polar surface area (TPSA) is 67.2 Å². The van der Waals surface area contributed by atoms with Gasteiger partial charge in [-0.15, -0.1) is 0 Å². The predicted molar refractivity (Wildman–Crippen MR) is 135 cm³/mol. The minimum atomic E-state index is -0.0862. The molecule has 3 aromatic rings. The van der Waals surface area contributed by atoms with E-state index in [0.717, 1.165) is 47.1 Å². The Labute approximate surface area is 199 Å². The number of rotatable bonds is 6. The van der Waals surface area contributed by atoms with Crippen LogP contribution in [0.25, 0.3) is 11.0 Å². The van der Waals surface area contributed by atoms with Crippen molar-refractivity contribution in [1.29, 1.82) is 0 Å². The first-order chi connectivity index (χ1) is 15.8. The fraction of sp³-hybridized carbons (Fsp3) is 0.423. The summed E-state index contributed by atoms with van der Waals surface area (Å²) in [5.41, 5.74) is 4.79. The number of thioether (sulfide) groups is 1. The molecule has 0 unspecified atom stereocenters. The van der Waals surface area contributed by atoms with Crippen LogP contribution in [0, 0.1) is 13.8 Å². The van der Waals surface area contributed by atoms with E-state index in [1.54, 1.807) is 0 Å². The Morgan fingerprint density at radius 2 is 1.79 bits per heavy atom. The van der Waals surface area contributed by atoms with Crippen molar-refractivity contribution >= 4 is 40.3 Å². The molecule has 0 saturated carbocycles. The quantitative estimate of drug-likeness (QED) is 0.511. The SMILES string of the molecule is Cc1cccc(NC(=O)CSc2nc3ccccc3n2CC(=O)N2[C@H](C)CCC[C@@H]2C)c1C. The maximum Gasteiger partial charge on any atom is 0.243 e. The molecule has 1 N–H and O–H groups in total. The molecule has 1 aromatic heterocycles. The third-order valence-electron chi connectivity index (χ3n) is 6.61. The van der Waals surface area contributed by atoms with Crippen LogP contribution >= 0.6 is 11.8 Å². The van der Waals surface area contributed by atoms with E-state index in [1.165, 1.54) is 11.8 Å². The molecule has 2 heterocycles. The van der Waals surface area contributed by atoms with Crippen LogP contribution in [0.5, 0.6) is 0 Å². The number of fused-ring (bicyclic) bond motifs is 1. The number of benzene rings is 2. The zero-order valence-corrected chi connectivity index (χ0v) is 20.6. The maximum atomic E-state index is 13.3. The summed E-state index contributed by atoms with van der Waals surface area (Å²) < 4.78 is 1.96. The summed E-state index contributed by atoms with van der Waals surface area (Å²) >= 11 is 1.37. The second-order valence-electron chi connectivity index (χ2n) is 8.98. The third-order valence-corrected chi connectivity index (χ3v) is 7.58. The molecule has 1 aliphatic rings. The van der Waals surface area contributed by atoms with Crippen LogP contribution < -0.4 is 5.32 Å². The van der Waals surface area contributed by atoms with Gasteiger partial charge in [-0.3, -0.25) is 9.59 Å². The number of piperidine rings is 1. The number of aromatic nitrogens is 2. The molecule has 2 amide bonds. The highest BCUT2D eigenvalue weighted by molar-refractivity contribution is 7.99. The maximum absolute atomic E-state index is 13.3. The van der Waals surface area contributed by atoms with Gasteiger partial charge < -0.3 is 14.8 Å². The molecule has 33 heavy (non-hydrogen) atoms. The Morgan fingerprint density at radius 1 is 1.06 bits per heavy atom. The summed E-state index contributed by atoms with van der Waals surface area (Å²) in [7, 11) is 0. The van der Waals surface area contributed by atoms with Gasteiger partial charge in [0.15, 0.2) is 5.16 Å². The predicted octanol–water partition coefficient (Wildman–Crippen LogP) is 5.17. The molecular weight excluding hydrogens is 432 g/mol. The van der Waals surface area contributed by atoms with Crippen molar-refractivity contribution in [3.63, 3.8) is 0 Å². The first kappa shape index (κ1) is 23.4. The van der Waals surface area contributed by atoms with E-state index in [4.69, 9.17) is 4.98 Å². The molecule has 1 fully saturated rings. The van der Waals surface area contributed by atoms with E-state index < -0.39 is 0 Å². The minimum Gasteiger partial charge on any atom is -0.336 e. The monoisotopic (exact) mass is 464 g/mol. The van der Waals surface area contributed by atoms with Gasteiger partial charge in [0.25, 0.3) is 0 Å². The lowest BCUT2D eigenvalue weighted by molar-refractivity contribution is -0.138. The number of para-hydroxylation sites is 2. The van der Waals surface area contributed by atoms with Gasteiger partial charge in [0.2, 0.25) is 11.8 Å². The van der Waals surface area contributed by atoms with E-state index in [1.807, 2.05) is 65.8 Å². The van der Waals surface area contributed by atoms with E-state index in [0.29, 0.717) is 5.16 Å². The first-order valence-corrected chi connectivity index (χ1v) is 12.6. The minimum absolute atomic E-state index is 0.0862. The van der Waals surface area contributed by atoms with Gasteiger partial charge in [-0.25, -0.2) is 4.98 Å². The highest BCUT2D eigenvalue weighted by Crippen LogP contribution is 2.27. The number of imidazole rings is 1. The highest BCUT2D eigenvalue weighted by atomic mass is 32.2. The van der Waals surface area contributed by atoms with Gasteiger partial charge in [0, 0.05) is 17.8 Å². The van der Waals surface area contributed by atoms with E-state index in [2.05, 4.69) is 19.2 Å². The molecule has 0 bridgehead atoms. The van der Waals surface area contributed by atoms with Crippen molar-refractivity contribution in [2.24, 2.45) is 0 Å². The van der Waals surface area contributed by atoms with Crippen LogP contribution in [0.1, 0.15) is 44.2 Å². The van der Waals surface area contributed by atoms with E-state index in [-0.39, 0.29) is 36.2 Å². The molecule has 2 aromatic carbocycles.